The number of piperidine rings is 1. The highest BCUT2D eigenvalue weighted by molar-refractivity contribution is 5.97. The molecule has 6 heteroatoms. The van der Waals surface area contributed by atoms with Crippen LogP contribution < -0.4 is 9.47 Å². The molecule has 1 saturated heterocycles. The molecule has 1 saturated carbocycles. The first-order chi connectivity index (χ1) is 17.0. The SMILES string of the molecule is COc1ccc(C(C#N)(CCCN2CCC(C(=O)c3ccc(F)cc3)CC2)C2CCC2)cc1OC. The summed E-state index contributed by atoms with van der Waals surface area (Å²) in [5.41, 5.74) is 1.10. The number of halogens is 1. The number of ether oxygens (including phenoxy) is 2. The summed E-state index contributed by atoms with van der Waals surface area (Å²) < 4.78 is 24.1. The molecule has 1 unspecified atom stereocenters. The number of likely N-dealkylation sites (tertiary alicyclic amines) is 1. The van der Waals surface area contributed by atoms with Crippen molar-refractivity contribution in [2.45, 2.75) is 50.4 Å². The number of carbonyl (C=O) groups is 1. The Bertz CT molecular complexity index is 1050. The lowest BCUT2D eigenvalue weighted by molar-refractivity contribution is 0.0835. The molecule has 4 rings (SSSR count). The van der Waals surface area contributed by atoms with Gasteiger partial charge in [-0.1, -0.05) is 12.5 Å². The highest BCUT2D eigenvalue weighted by Gasteiger charge is 2.43. The first-order valence-electron chi connectivity index (χ1n) is 12.7. The zero-order chi connectivity index (χ0) is 24.8. The van der Waals surface area contributed by atoms with E-state index < -0.39 is 5.41 Å². The van der Waals surface area contributed by atoms with Crippen LogP contribution in [0.5, 0.6) is 11.5 Å². The molecule has 1 aliphatic carbocycles. The van der Waals surface area contributed by atoms with Gasteiger partial charge in [-0.05, 0) is 106 Å². The largest absolute Gasteiger partial charge is 0.493 e. The Morgan fingerprint density at radius 2 is 1.74 bits per heavy atom. The number of benzene rings is 2. The quantitative estimate of drug-likeness (QED) is 0.405. The van der Waals surface area contributed by atoms with E-state index in [1.165, 1.54) is 18.6 Å². The van der Waals surface area contributed by atoms with Gasteiger partial charge in [0.1, 0.15) is 5.82 Å². The predicted octanol–water partition coefficient (Wildman–Crippen LogP) is 5.78. The van der Waals surface area contributed by atoms with Gasteiger partial charge in [0, 0.05) is 11.5 Å². The molecule has 0 amide bonds. The second kappa shape index (κ2) is 11.2. The first-order valence-corrected chi connectivity index (χ1v) is 12.7. The average molecular weight is 479 g/mol. The Balaban J connectivity index is 1.36. The molecular formula is C29H35FN2O3. The maximum Gasteiger partial charge on any atom is 0.166 e. The second-order valence-corrected chi connectivity index (χ2v) is 9.87. The number of rotatable bonds is 10. The van der Waals surface area contributed by atoms with Crippen molar-refractivity contribution in [3.63, 3.8) is 0 Å². The van der Waals surface area contributed by atoms with Crippen LogP contribution in [0.15, 0.2) is 42.5 Å². The van der Waals surface area contributed by atoms with Gasteiger partial charge in [-0.15, -0.1) is 0 Å². The summed E-state index contributed by atoms with van der Waals surface area (Å²) >= 11 is 0. The van der Waals surface area contributed by atoms with Gasteiger partial charge >= 0.3 is 0 Å². The topological polar surface area (TPSA) is 62.6 Å². The molecule has 2 aliphatic rings. The van der Waals surface area contributed by atoms with E-state index in [1.54, 1.807) is 26.4 Å². The van der Waals surface area contributed by atoms with Crippen molar-refractivity contribution in [1.29, 1.82) is 5.26 Å². The van der Waals surface area contributed by atoms with Crippen molar-refractivity contribution < 1.29 is 18.7 Å². The molecule has 2 aromatic carbocycles. The Morgan fingerprint density at radius 1 is 1.06 bits per heavy atom. The Kier molecular flexibility index (Phi) is 8.07. The number of hydrogen-bond donors (Lipinski definition) is 0. The number of nitriles is 1. The fourth-order valence-corrected chi connectivity index (χ4v) is 5.66. The number of ketones is 1. The highest BCUT2D eigenvalue weighted by atomic mass is 19.1. The summed E-state index contributed by atoms with van der Waals surface area (Å²) in [6.07, 6.45) is 6.71. The predicted molar refractivity (Wildman–Crippen MR) is 133 cm³/mol. The fourth-order valence-electron chi connectivity index (χ4n) is 5.66. The fraction of sp³-hybridized carbons (Fsp3) is 0.517. The summed E-state index contributed by atoms with van der Waals surface area (Å²) in [7, 11) is 3.25. The molecule has 2 aromatic rings. The normalized spacial score (nSPS) is 18.8. The second-order valence-electron chi connectivity index (χ2n) is 9.87. The summed E-state index contributed by atoms with van der Waals surface area (Å²) in [5.74, 6) is 1.50. The minimum absolute atomic E-state index is 0.00310. The van der Waals surface area contributed by atoms with Gasteiger partial charge in [0.05, 0.1) is 25.7 Å². The monoisotopic (exact) mass is 478 g/mol. The smallest absolute Gasteiger partial charge is 0.166 e. The third-order valence-corrected chi connectivity index (χ3v) is 8.03. The van der Waals surface area contributed by atoms with E-state index in [9.17, 15) is 14.4 Å². The van der Waals surface area contributed by atoms with Crippen LogP contribution in [0.2, 0.25) is 0 Å². The van der Waals surface area contributed by atoms with Crippen molar-refractivity contribution in [1.82, 2.24) is 4.90 Å². The Morgan fingerprint density at radius 3 is 2.31 bits per heavy atom. The summed E-state index contributed by atoms with van der Waals surface area (Å²) in [6.45, 7) is 2.66. The lowest BCUT2D eigenvalue weighted by atomic mass is 9.60. The molecule has 35 heavy (non-hydrogen) atoms. The number of hydrogen-bond acceptors (Lipinski definition) is 5. The maximum atomic E-state index is 13.2. The zero-order valence-electron chi connectivity index (χ0n) is 20.8. The van der Waals surface area contributed by atoms with E-state index in [1.807, 2.05) is 18.2 Å². The first kappa shape index (κ1) is 25.2. The molecule has 0 aromatic heterocycles. The van der Waals surface area contributed by atoms with E-state index in [0.717, 1.165) is 63.7 Å². The number of methoxy groups -OCH3 is 2. The maximum absolute atomic E-state index is 13.2. The van der Waals surface area contributed by atoms with Crippen LogP contribution in [0.3, 0.4) is 0 Å². The van der Waals surface area contributed by atoms with Crippen molar-refractivity contribution >= 4 is 5.78 Å². The average Bonchev–Trinajstić information content (AvgIpc) is 2.87. The molecule has 0 spiro atoms. The van der Waals surface area contributed by atoms with E-state index in [2.05, 4.69) is 11.0 Å². The van der Waals surface area contributed by atoms with E-state index in [0.29, 0.717) is 23.0 Å². The zero-order valence-corrected chi connectivity index (χ0v) is 20.8. The molecule has 2 fully saturated rings. The number of carbonyl (C=O) groups excluding carboxylic acids is 1. The third kappa shape index (κ3) is 5.36. The van der Waals surface area contributed by atoms with Gasteiger partial charge in [-0.3, -0.25) is 4.79 Å². The molecule has 5 nitrogen and oxygen atoms in total. The van der Waals surface area contributed by atoms with Crippen LogP contribution in [-0.2, 0) is 5.41 Å². The van der Waals surface area contributed by atoms with Crippen LogP contribution in [0.25, 0.3) is 0 Å². The standard InChI is InChI=1S/C29H35FN2O3/c1-34-26-12-9-24(19-27(26)35-2)29(20-31,23-5-3-6-23)15-4-16-32-17-13-22(14-18-32)28(33)21-7-10-25(30)11-8-21/h7-12,19,22-23H,3-6,13-18H2,1-2H3. The molecule has 0 bridgehead atoms. The molecule has 0 N–H and O–H groups in total. The van der Waals surface area contributed by atoms with E-state index in [-0.39, 0.29) is 17.5 Å². The third-order valence-electron chi connectivity index (χ3n) is 8.03. The summed E-state index contributed by atoms with van der Waals surface area (Å²) in [5, 5.41) is 10.4. The van der Waals surface area contributed by atoms with Crippen molar-refractivity contribution in [2.75, 3.05) is 33.9 Å². The Labute approximate surface area is 207 Å². The van der Waals surface area contributed by atoms with Crippen LogP contribution >= 0.6 is 0 Å². The van der Waals surface area contributed by atoms with Crippen molar-refractivity contribution in [3.05, 3.63) is 59.4 Å². The van der Waals surface area contributed by atoms with Crippen molar-refractivity contribution in [2.24, 2.45) is 11.8 Å². The van der Waals surface area contributed by atoms with Crippen molar-refractivity contribution in [3.8, 4) is 17.6 Å². The van der Waals surface area contributed by atoms with Gasteiger partial charge in [0.2, 0.25) is 0 Å². The molecule has 1 heterocycles. The van der Waals surface area contributed by atoms with Gasteiger partial charge in [0.25, 0.3) is 0 Å². The highest BCUT2D eigenvalue weighted by Crippen LogP contribution is 2.48. The molecule has 186 valence electrons. The van der Waals surface area contributed by atoms with Crippen LogP contribution in [-0.4, -0.2) is 44.5 Å². The number of nitrogens with zero attached hydrogens (tertiary/aromatic N) is 2. The lowest BCUT2D eigenvalue weighted by Crippen LogP contribution is -2.40. The van der Waals surface area contributed by atoms with Crippen LogP contribution in [0.1, 0.15) is 60.9 Å². The van der Waals surface area contributed by atoms with E-state index in [4.69, 9.17) is 9.47 Å². The van der Waals surface area contributed by atoms with Gasteiger partial charge < -0.3 is 14.4 Å². The van der Waals surface area contributed by atoms with Gasteiger partial charge in [-0.2, -0.15) is 5.26 Å². The van der Waals surface area contributed by atoms with E-state index >= 15 is 0 Å². The lowest BCUT2D eigenvalue weighted by Gasteiger charge is -2.42. The van der Waals surface area contributed by atoms with Gasteiger partial charge in [0.15, 0.2) is 17.3 Å². The van der Waals surface area contributed by atoms with Gasteiger partial charge in [-0.25, -0.2) is 4.39 Å². The van der Waals surface area contributed by atoms with Crippen LogP contribution in [0, 0.1) is 29.0 Å². The summed E-state index contributed by atoms with van der Waals surface area (Å²) in [6, 6.07) is 14.5. The molecule has 0 radical (unpaired) electrons. The Hall–Kier alpha value is -2.91. The minimum Gasteiger partial charge on any atom is -0.493 e. The minimum atomic E-state index is -0.519. The van der Waals surface area contributed by atoms with Crippen LogP contribution in [0.4, 0.5) is 4.39 Å². The molecule has 1 aliphatic heterocycles. The number of Topliss-reactive ketones (excluding diaryl/α,β-unsaturated/α-hetero) is 1. The summed E-state index contributed by atoms with van der Waals surface area (Å²) in [4.78, 5) is 15.2. The molecular weight excluding hydrogens is 443 g/mol. The molecule has 1 atom stereocenters.